The number of aromatic nitrogens is 1. The van der Waals surface area contributed by atoms with Crippen LogP contribution in [0.25, 0.3) is 0 Å². The predicted molar refractivity (Wildman–Crippen MR) is 75.5 cm³/mol. The molecule has 1 aliphatic rings. The molecule has 0 radical (unpaired) electrons. The zero-order valence-electron chi connectivity index (χ0n) is 11.8. The van der Waals surface area contributed by atoms with Gasteiger partial charge in [-0.3, -0.25) is 9.88 Å². The van der Waals surface area contributed by atoms with Crippen molar-refractivity contribution in [3.63, 3.8) is 0 Å². The quantitative estimate of drug-likeness (QED) is 0.884. The molecule has 1 aromatic heterocycles. The van der Waals surface area contributed by atoms with Crippen molar-refractivity contribution in [1.82, 2.24) is 15.2 Å². The van der Waals surface area contributed by atoms with Crippen LogP contribution < -0.4 is 5.32 Å². The maximum absolute atomic E-state index is 4.24. The second-order valence-corrected chi connectivity index (χ2v) is 5.48. The fourth-order valence-electron chi connectivity index (χ4n) is 2.55. The minimum atomic E-state index is 0.640. The van der Waals surface area contributed by atoms with Crippen LogP contribution in [0.2, 0.25) is 0 Å². The van der Waals surface area contributed by atoms with Crippen LogP contribution in [0, 0.1) is 12.8 Å². The van der Waals surface area contributed by atoms with Crippen molar-refractivity contribution in [3.8, 4) is 0 Å². The SMILES string of the molecule is CCC(C)C1CN(Cc2cnccc2C)CCN1. The van der Waals surface area contributed by atoms with Crippen LogP contribution >= 0.6 is 0 Å². The van der Waals surface area contributed by atoms with Gasteiger partial charge in [0.1, 0.15) is 0 Å². The Kier molecular flexibility index (Phi) is 4.72. The lowest BCUT2D eigenvalue weighted by Crippen LogP contribution is -2.52. The maximum Gasteiger partial charge on any atom is 0.0315 e. The third kappa shape index (κ3) is 3.30. The van der Waals surface area contributed by atoms with Crippen LogP contribution in [0.15, 0.2) is 18.5 Å². The summed E-state index contributed by atoms with van der Waals surface area (Å²) in [4.78, 5) is 6.79. The minimum Gasteiger partial charge on any atom is -0.311 e. The van der Waals surface area contributed by atoms with Gasteiger partial charge < -0.3 is 5.32 Å². The molecule has 0 aliphatic carbocycles. The smallest absolute Gasteiger partial charge is 0.0315 e. The standard InChI is InChI=1S/C15H25N3/c1-4-12(2)15-11-18(8-7-17-15)10-14-9-16-6-5-13(14)3/h5-6,9,12,15,17H,4,7-8,10-11H2,1-3H3. The molecule has 0 amide bonds. The molecule has 0 bridgehead atoms. The highest BCUT2D eigenvalue weighted by Crippen LogP contribution is 2.15. The van der Waals surface area contributed by atoms with Gasteiger partial charge >= 0.3 is 0 Å². The number of aryl methyl sites for hydroxylation is 1. The number of hydrogen-bond acceptors (Lipinski definition) is 3. The summed E-state index contributed by atoms with van der Waals surface area (Å²) in [6.45, 7) is 11.2. The fourth-order valence-corrected chi connectivity index (χ4v) is 2.55. The molecule has 1 fully saturated rings. The molecule has 1 aliphatic heterocycles. The molecule has 3 nitrogen and oxygen atoms in total. The molecule has 2 unspecified atom stereocenters. The predicted octanol–water partition coefficient (Wildman–Crippen LogP) is 2.21. The van der Waals surface area contributed by atoms with Crippen LogP contribution in [-0.2, 0) is 6.54 Å². The molecule has 1 saturated heterocycles. The lowest BCUT2D eigenvalue weighted by Gasteiger charge is -2.36. The Bertz CT molecular complexity index is 378. The second-order valence-electron chi connectivity index (χ2n) is 5.48. The second kappa shape index (κ2) is 6.30. The summed E-state index contributed by atoms with van der Waals surface area (Å²) in [7, 11) is 0. The van der Waals surface area contributed by atoms with E-state index in [4.69, 9.17) is 0 Å². The fraction of sp³-hybridized carbons (Fsp3) is 0.667. The molecule has 0 saturated carbocycles. The summed E-state index contributed by atoms with van der Waals surface area (Å²) in [6.07, 6.45) is 5.13. The Hall–Kier alpha value is -0.930. The van der Waals surface area contributed by atoms with Crippen molar-refractivity contribution < 1.29 is 0 Å². The first-order valence-corrected chi connectivity index (χ1v) is 7.06. The van der Waals surface area contributed by atoms with E-state index in [1.54, 1.807) is 0 Å². The molecule has 100 valence electrons. The molecule has 3 heteroatoms. The Morgan fingerprint density at radius 1 is 1.56 bits per heavy atom. The number of piperazine rings is 1. The zero-order chi connectivity index (χ0) is 13.0. The van der Waals surface area contributed by atoms with Gasteiger partial charge in [-0.1, -0.05) is 20.3 Å². The third-order valence-electron chi connectivity index (χ3n) is 4.16. The maximum atomic E-state index is 4.24. The molecule has 1 aromatic rings. The first-order valence-electron chi connectivity index (χ1n) is 7.06. The van der Waals surface area contributed by atoms with Gasteiger partial charge in [0.15, 0.2) is 0 Å². The topological polar surface area (TPSA) is 28.2 Å². The Balaban J connectivity index is 1.96. The van der Waals surface area contributed by atoms with Gasteiger partial charge in [-0.2, -0.15) is 0 Å². The zero-order valence-corrected chi connectivity index (χ0v) is 11.8. The molecule has 2 rings (SSSR count). The number of nitrogens with one attached hydrogen (secondary N) is 1. The highest BCUT2D eigenvalue weighted by Gasteiger charge is 2.23. The van der Waals surface area contributed by atoms with Gasteiger partial charge in [0.2, 0.25) is 0 Å². The average Bonchev–Trinajstić information content (AvgIpc) is 2.41. The van der Waals surface area contributed by atoms with Crippen LogP contribution in [-0.4, -0.2) is 35.6 Å². The highest BCUT2D eigenvalue weighted by molar-refractivity contribution is 5.21. The Morgan fingerprint density at radius 2 is 2.39 bits per heavy atom. The van der Waals surface area contributed by atoms with Crippen LogP contribution in [0.3, 0.4) is 0 Å². The average molecular weight is 247 g/mol. The summed E-state index contributed by atoms with van der Waals surface area (Å²) < 4.78 is 0. The van der Waals surface area contributed by atoms with E-state index in [0.29, 0.717) is 6.04 Å². The monoisotopic (exact) mass is 247 g/mol. The molecule has 2 heterocycles. The van der Waals surface area contributed by atoms with Crippen molar-refractivity contribution >= 4 is 0 Å². The van der Waals surface area contributed by atoms with Gasteiger partial charge in [0, 0.05) is 44.6 Å². The van der Waals surface area contributed by atoms with E-state index >= 15 is 0 Å². The van der Waals surface area contributed by atoms with Gasteiger partial charge in [-0.05, 0) is 30.0 Å². The lowest BCUT2D eigenvalue weighted by atomic mass is 9.97. The van der Waals surface area contributed by atoms with E-state index in [0.717, 1.165) is 32.1 Å². The molecule has 2 atom stereocenters. The molecular weight excluding hydrogens is 222 g/mol. The van der Waals surface area contributed by atoms with Gasteiger partial charge in [-0.25, -0.2) is 0 Å². The van der Waals surface area contributed by atoms with Crippen LogP contribution in [0.1, 0.15) is 31.4 Å². The summed E-state index contributed by atoms with van der Waals surface area (Å²) in [6, 6.07) is 2.74. The van der Waals surface area contributed by atoms with E-state index < -0.39 is 0 Å². The summed E-state index contributed by atoms with van der Waals surface area (Å²) in [5, 5.41) is 3.64. The molecule has 0 aromatic carbocycles. The third-order valence-corrected chi connectivity index (χ3v) is 4.16. The van der Waals surface area contributed by atoms with Crippen LogP contribution in [0.4, 0.5) is 0 Å². The summed E-state index contributed by atoms with van der Waals surface area (Å²) >= 11 is 0. The van der Waals surface area contributed by atoms with Crippen molar-refractivity contribution in [2.75, 3.05) is 19.6 Å². The van der Waals surface area contributed by atoms with Crippen molar-refractivity contribution in [3.05, 3.63) is 29.6 Å². The Labute approximate surface area is 111 Å². The first-order chi connectivity index (χ1) is 8.70. The normalized spacial score (nSPS) is 22.9. The van der Waals surface area contributed by atoms with Gasteiger partial charge in [0.25, 0.3) is 0 Å². The van der Waals surface area contributed by atoms with E-state index in [1.807, 2.05) is 12.4 Å². The van der Waals surface area contributed by atoms with Gasteiger partial charge in [0.05, 0.1) is 0 Å². The number of nitrogens with zero attached hydrogens (tertiary/aromatic N) is 2. The molecule has 0 spiro atoms. The summed E-state index contributed by atoms with van der Waals surface area (Å²) in [5.74, 6) is 0.753. The molecular formula is C15H25N3. The van der Waals surface area contributed by atoms with E-state index in [9.17, 15) is 0 Å². The van der Waals surface area contributed by atoms with E-state index in [1.165, 1.54) is 17.5 Å². The molecule has 18 heavy (non-hydrogen) atoms. The number of pyridine rings is 1. The largest absolute Gasteiger partial charge is 0.311 e. The van der Waals surface area contributed by atoms with Gasteiger partial charge in [-0.15, -0.1) is 0 Å². The van der Waals surface area contributed by atoms with Crippen molar-refractivity contribution in [2.24, 2.45) is 5.92 Å². The van der Waals surface area contributed by atoms with Crippen molar-refractivity contribution in [1.29, 1.82) is 0 Å². The summed E-state index contributed by atoms with van der Waals surface area (Å²) in [5.41, 5.74) is 2.71. The van der Waals surface area contributed by atoms with E-state index in [2.05, 4.69) is 42.0 Å². The Morgan fingerprint density at radius 3 is 3.11 bits per heavy atom. The van der Waals surface area contributed by atoms with E-state index in [-0.39, 0.29) is 0 Å². The minimum absolute atomic E-state index is 0.640. The number of hydrogen-bond donors (Lipinski definition) is 1. The number of rotatable bonds is 4. The van der Waals surface area contributed by atoms with Crippen LogP contribution in [0.5, 0.6) is 0 Å². The highest BCUT2D eigenvalue weighted by atomic mass is 15.2. The molecule has 1 N–H and O–H groups in total. The lowest BCUT2D eigenvalue weighted by molar-refractivity contribution is 0.162. The first kappa shape index (κ1) is 13.5. The van der Waals surface area contributed by atoms with Crippen molar-refractivity contribution in [2.45, 2.75) is 39.8 Å².